The van der Waals surface area contributed by atoms with Gasteiger partial charge in [-0.05, 0) is 20.3 Å². The molecule has 1 aromatic rings. The van der Waals surface area contributed by atoms with E-state index in [1.165, 1.54) is 17.0 Å². The predicted molar refractivity (Wildman–Crippen MR) is 81.0 cm³/mol. The molecule has 0 saturated heterocycles. The van der Waals surface area contributed by atoms with Crippen LogP contribution in [0.1, 0.15) is 46.1 Å². The number of nitrogens with zero attached hydrogens (tertiary/aromatic N) is 1. The Morgan fingerprint density at radius 2 is 2.00 bits per heavy atom. The first kappa shape index (κ1) is 14.8. The normalized spacial score (nSPS) is 18.0. The highest BCUT2D eigenvalue weighted by atomic mass is 16.4. The van der Waals surface area contributed by atoms with Crippen LogP contribution in [0.4, 0.5) is 5.69 Å². The van der Waals surface area contributed by atoms with Gasteiger partial charge in [0, 0.05) is 25.0 Å². The molecule has 0 aromatic heterocycles. The van der Waals surface area contributed by atoms with E-state index in [0.29, 0.717) is 0 Å². The third kappa shape index (κ3) is 2.49. The van der Waals surface area contributed by atoms with Crippen molar-refractivity contribution in [3.8, 4) is 0 Å². The Morgan fingerprint density at radius 1 is 1.35 bits per heavy atom. The van der Waals surface area contributed by atoms with E-state index in [2.05, 4.69) is 49.6 Å². The van der Waals surface area contributed by atoms with Crippen LogP contribution in [-0.2, 0) is 10.2 Å². The highest BCUT2D eigenvalue weighted by molar-refractivity contribution is 5.93. The molecule has 1 aromatic carbocycles. The molecule has 0 amide bonds. The van der Waals surface area contributed by atoms with Crippen molar-refractivity contribution in [1.29, 1.82) is 0 Å². The fourth-order valence-corrected chi connectivity index (χ4v) is 2.92. The molecule has 3 heteroatoms. The molecular formula is C17H24NO2+. The summed E-state index contributed by atoms with van der Waals surface area (Å²) in [5, 5.41) is 8.95. The topological polar surface area (TPSA) is 40.3 Å². The summed E-state index contributed by atoms with van der Waals surface area (Å²) in [6, 6.07) is 8.51. The zero-order chi connectivity index (χ0) is 14.9. The van der Waals surface area contributed by atoms with Crippen molar-refractivity contribution in [2.24, 2.45) is 5.92 Å². The summed E-state index contributed by atoms with van der Waals surface area (Å²) >= 11 is 0. The van der Waals surface area contributed by atoms with Crippen LogP contribution < -0.4 is 0 Å². The minimum Gasteiger partial charge on any atom is -0.481 e. The van der Waals surface area contributed by atoms with E-state index in [0.717, 1.165) is 19.4 Å². The van der Waals surface area contributed by atoms with Gasteiger partial charge in [0.15, 0.2) is 5.71 Å². The lowest BCUT2D eigenvalue weighted by molar-refractivity contribution is -0.439. The van der Waals surface area contributed by atoms with E-state index in [9.17, 15) is 4.79 Å². The molecule has 3 nitrogen and oxygen atoms in total. The maximum atomic E-state index is 10.9. The van der Waals surface area contributed by atoms with Gasteiger partial charge in [-0.2, -0.15) is 4.58 Å². The molecule has 1 aliphatic heterocycles. The smallest absolute Gasteiger partial charge is 0.306 e. The van der Waals surface area contributed by atoms with Crippen LogP contribution in [0.5, 0.6) is 0 Å². The largest absolute Gasteiger partial charge is 0.481 e. The van der Waals surface area contributed by atoms with Crippen molar-refractivity contribution in [3.63, 3.8) is 0 Å². The monoisotopic (exact) mass is 274 g/mol. The quantitative estimate of drug-likeness (QED) is 0.834. The molecule has 1 atom stereocenters. The van der Waals surface area contributed by atoms with Crippen molar-refractivity contribution >= 4 is 17.4 Å². The van der Waals surface area contributed by atoms with Crippen molar-refractivity contribution in [1.82, 2.24) is 0 Å². The number of para-hydroxylation sites is 1. The van der Waals surface area contributed by atoms with Crippen LogP contribution in [0.15, 0.2) is 24.3 Å². The summed E-state index contributed by atoms with van der Waals surface area (Å²) in [7, 11) is 0. The number of fused-ring (bicyclic) bond motifs is 1. The molecule has 2 rings (SSSR count). The summed E-state index contributed by atoms with van der Waals surface area (Å²) < 4.78 is 2.35. The Hall–Kier alpha value is -1.64. The van der Waals surface area contributed by atoms with Gasteiger partial charge in [0.25, 0.3) is 0 Å². The van der Waals surface area contributed by atoms with Crippen molar-refractivity contribution < 1.29 is 14.5 Å². The third-order valence-electron chi connectivity index (χ3n) is 4.62. The lowest BCUT2D eigenvalue weighted by Crippen LogP contribution is -2.26. The lowest BCUT2D eigenvalue weighted by Gasteiger charge is -2.14. The van der Waals surface area contributed by atoms with Crippen LogP contribution >= 0.6 is 0 Å². The molecular weight excluding hydrogens is 250 g/mol. The van der Waals surface area contributed by atoms with E-state index in [1.54, 1.807) is 6.92 Å². The van der Waals surface area contributed by atoms with Crippen LogP contribution in [0, 0.1) is 5.92 Å². The summed E-state index contributed by atoms with van der Waals surface area (Å²) in [5.41, 5.74) is 4.05. The molecule has 0 bridgehead atoms. The standard InChI is InChI=1S/C17H23NO2/c1-12(16(19)20)8-7-11-18-13(2)17(3,4)14-9-5-6-10-15(14)18/h5-6,9-10,12H,7-8,11H2,1-4H3/p+1. The molecule has 0 spiro atoms. The molecule has 0 radical (unpaired) electrons. The number of benzene rings is 1. The summed E-state index contributed by atoms with van der Waals surface area (Å²) in [6.07, 6.45) is 1.62. The summed E-state index contributed by atoms with van der Waals surface area (Å²) in [4.78, 5) is 10.9. The van der Waals surface area contributed by atoms with E-state index in [1.807, 2.05) is 0 Å². The van der Waals surface area contributed by atoms with E-state index in [-0.39, 0.29) is 11.3 Å². The highest BCUT2D eigenvalue weighted by Crippen LogP contribution is 2.39. The fraction of sp³-hybridized carbons (Fsp3) is 0.529. The Labute approximate surface area is 121 Å². The average molecular weight is 274 g/mol. The van der Waals surface area contributed by atoms with Gasteiger partial charge in [-0.1, -0.05) is 25.1 Å². The van der Waals surface area contributed by atoms with Gasteiger partial charge in [-0.25, -0.2) is 0 Å². The summed E-state index contributed by atoms with van der Waals surface area (Å²) in [6.45, 7) is 9.35. The molecule has 0 fully saturated rings. The van der Waals surface area contributed by atoms with Crippen molar-refractivity contribution in [2.75, 3.05) is 6.54 Å². The second kappa shape index (κ2) is 5.39. The van der Waals surface area contributed by atoms with Crippen molar-refractivity contribution in [3.05, 3.63) is 29.8 Å². The SMILES string of the molecule is CC1=[N+](CCCC(C)C(=O)O)c2ccccc2C1(C)C. The molecule has 20 heavy (non-hydrogen) atoms. The molecule has 108 valence electrons. The number of hydrogen-bond acceptors (Lipinski definition) is 1. The first-order valence-corrected chi connectivity index (χ1v) is 7.29. The maximum Gasteiger partial charge on any atom is 0.306 e. The number of aliphatic carboxylic acids is 1. The number of rotatable bonds is 5. The lowest BCUT2D eigenvalue weighted by atomic mass is 9.82. The molecule has 0 saturated carbocycles. The Balaban J connectivity index is 2.15. The van der Waals surface area contributed by atoms with Gasteiger partial charge in [-0.3, -0.25) is 4.79 Å². The van der Waals surface area contributed by atoms with Gasteiger partial charge in [0.05, 0.1) is 11.3 Å². The van der Waals surface area contributed by atoms with Gasteiger partial charge < -0.3 is 5.11 Å². The number of carbonyl (C=O) groups is 1. The number of carboxylic acid groups (broad SMARTS) is 1. The Bertz CT molecular complexity index is 558. The highest BCUT2D eigenvalue weighted by Gasteiger charge is 2.42. The third-order valence-corrected chi connectivity index (χ3v) is 4.62. The van der Waals surface area contributed by atoms with E-state index >= 15 is 0 Å². The second-order valence-electron chi connectivity index (χ2n) is 6.26. The molecule has 1 unspecified atom stereocenters. The van der Waals surface area contributed by atoms with E-state index in [4.69, 9.17) is 5.11 Å². The maximum absolute atomic E-state index is 10.9. The van der Waals surface area contributed by atoms with Crippen LogP contribution in [0.25, 0.3) is 0 Å². The minimum atomic E-state index is -0.701. The van der Waals surface area contributed by atoms with Crippen LogP contribution in [0.3, 0.4) is 0 Å². The molecule has 1 N–H and O–H groups in total. The Kier molecular flexibility index (Phi) is 3.98. The predicted octanol–water partition coefficient (Wildman–Crippen LogP) is 3.58. The zero-order valence-corrected chi connectivity index (χ0v) is 12.8. The van der Waals surface area contributed by atoms with Crippen LogP contribution in [0.2, 0.25) is 0 Å². The minimum absolute atomic E-state index is 0.0645. The van der Waals surface area contributed by atoms with Crippen molar-refractivity contribution in [2.45, 2.75) is 46.0 Å². The van der Waals surface area contributed by atoms with Gasteiger partial charge in [0.2, 0.25) is 5.69 Å². The second-order valence-corrected chi connectivity index (χ2v) is 6.26. The Morgan fingerprint density at radius 3 is 2.65 bits per heavy atom. The van der Waals surface area contributed by atoms with Gasteiger partial charge in [-0.15, -0.1) is 0 Å². The average Bonchev–Trinajstić information content (AvgIpc) is 2.60. The molecule has 1 heterocycles. The first-order valence-electron chi connectivity index (χ1n) is 7.29. The zero-order valence-electron chi connectivity index (χ0n) is 12.8. The van der Waals surface area contributed by atoms with Crippen LogP contribution in [-0.4, -0.2) is 27.9 Å². The molecule has 0 aliphatic carbocycles. The summed E-state index contributed by atoms with van der Waals surface area (Å²) in [5.74, 6) is -0.964. The van der Waals surface area contributed by atoms with E-state index < -0.39 is 5.97 Å². The fourth-order valence-electron chi connectivity index (χ4n) is 2.92. The number of carboxylic acids is 1. The van der Waals surface area contributed by atoms with Gasteiger partial charge in [0.1, 0.15) is 6.54 Å². The first-order chi connectivity index (χ1) is 9.35. The van der Waals surface area contributed by atoms with Gasteiger partial charge >= 0.3 is 5.97 Å². The number of hydrogen-bond donors (Lipinski definition) is 1. The molecule has 1 aliphatic rings.